The lowest BCUT2D eigenvalue weighted by atomic mass is 10.2. The summed E-state index contributed by atoms with van der Waals surface area (Å²) in [4.78, 5) is 10.1. The molecular formula is C7H6O2. The first-order valence-electron chi connectivity index (χ1n) is 2.57. The van der Waals surface area contributed by atoms with Crippen molar-refractivity contribution in [3.63, 3.8) is 0 Å². The van der Waals surface area contributed by atoms with Gasteiger partial charge in [0, 0.05) is 11.1 Å². The number of allylic oxidation sites excluding steroid dienone is 5. The van der Waals surface area contributed by atoms with Crippen LogP contribution in [0.15, 0.2) is 35.6 Å². The number of aliphatic hydroxyl groups is 1. The Morgan fingerprint density at radius 1 is 1.56 bits per heavy atom. The van der Waals surface area contributed by atoms with Gasteiger partial charge in [-0.15, -0.1) is 0 Å². The second kappa shape index (κ2) is 2.31. The average molecular weight is 122 g/mol. The zero-order valence-electron chi connectivity index (χ0n) is 4.74. The van der Waals surface area contributed by atoms with Crippen molar-refractivity contribution in [2.45, 2.75) is 0 Å². The van der Waals surface area contributed by atoms with E-state index in [-0.39, 0.29) is 0 Å². The summed E-state index contributed by atoms with van der Waals surface area (Å²) in [6.45, 7) is 0. The van der Waals surface area contributed by atoms with Crippen molar-refractivity contribution in [3.05, 3.63) is 35.6 Å². The Kier molecular flexibility index (Phi) is 1.49. The SMILES string of the molecule is O=CC1=CC=C/C1=C\O. The minimum absolute atomic E-state index is 0.525. The van der Waals surface area contributed by atoms with Crippen LogP contribution in [0.1, 0.15) is 0 Å². The first-order chi connectivity index (χ1) is 4.38. The Morgan fingerprint density at radius 3 is 2.78 bits per heavy atom. The lowest BCUT2D eigenvalue weighted by molar-refractivity contribution is -0.104. The van der Waals surface area contributed by atoms with Gasteiger partial charge >= 0.3 is 0 Å². The van der Waals surface area contributed by atoms with Crippen LogP contribution in [-0.2, 0) is 4.79 Å². The molecule has 0 aromatic carbocycles. The van der Waals surface area contributed by atoms with Crippen molar-refractivity contribution < 1.29 is 9.90 Å². The predicted molar refractivity (Wildman–Crippen MR) is 34.0 cm³/mol. The van der Waals surface area contributed by atoms with Gasteiger partial charge in [-0.1, -0.05) is 18.2 Å². The second-order valence-electron chi connectivity index (χ2n) is 1.68. The minimum atomic E-state index is 0.525. The summed E-state index contributed by atoms with van der Waals surface area (Å²) in [7, 11) is 0. The summed E-state index contributed by atoms with van der Waals surface area (Å²) in [6, 6.07) is 0. The average Bonchev–Trinajstić information content (AvgIpc) is 2.33. The minimum Gasteiger partial charge on any atom is -0.515 e. The van der Waals surface area contributed by atoms with Crippen molar-refractivity contribution in [2.75, 3.05) is 0 Å². The van der Waals surface area contributed by atoms with Crippen molar-refractivity contribution in [1.29, 1.82) is 0 Å². The van der Waals surface area contributed by atoms with Crippen molar-refractivity contribution in [3.8, 4) is 0 Å². The lowest BCUT2D eigenvalue weighted by Gasteiger charge is -1.88. The topological polar surface area (TPSA) is 37.3 Å². The standard InChI is InChI=1S/C7H6O2/c8-4-6-2-1-3-7(6)5-9/h1-5,8H/b6-4+. The van der Waals surface area contributed by atoms with Crippen LogP contribution in [0.2, 0.25) is 0 Å². The molecule has 1 aliphatic carbocycles. The van der Waals surface area contributed by atoms with E-state index in [0.29, 0.717) is 17.4 Å². The molecule has 0 radical (unpaired) electrons. The number of carbonyl (C=O) groups is 1. The molecule has 0 heterocycles. The molecule has 0 unspecified atom stereocenters. The number of aliphatic hydroxyl groups excluding tert-OH is 1. The van der Waals surface area contributed by atoms with E-state index in [2.05, 4.69) is 0 Å². The van der Waals surface area contributed by atoms with E-state index in [1.54, 1.807) is 18.2 Å². The van der Waals surface area contributed by atoms with Gasteiger partial charge in [0.1, 0.15) is 0 Å². The molecule has 0 spiro atoms. The van der Waals surface area contributed by atoms with Crippen molar-refractivity contribution in [1.82, 2.24) is 0 Å². The van der Waals surface area contributed by atoms with Gasteiger partial charge in [0.05, 0.1) is 6.26 Å². The number of aldehydes is 1. The molecule has 0 bridgehead atoms. The van der Waals surface area contributed by atoms with Gasteiger partial charge in [0.15, 0.2) is 6.29 Å². The van der Waals surface area contributed by atoms with Crippen LogP contribution in [0.5, 0.6) is 0 Å². The van der Waals surface area contributed by atoms with Crippen LogP contribution >= 0.6 is 0 Å². The van der Waals surface area contributed by atoms with Crippen LogP contribution in [0.3, 0.4) is 0 Å². The fraction of sp³-hybridized carbons (Fsp3) is 0. The number of carbonyl (C=O) groups excluding carboxylic acids is 1. The number of rotatable bonds is 1. The Morgan fingerprint density at radius 2 is 2.33 bits per heavy atom. The Labute approximate surface area is 52.8 Å². The number of hydrogen-bond donors (Lipinski definition) is 1. The van der Waals surface area contributed by atoms with Crippen LogP contribution < -0.4 is 0 Å². The maximum atomic E-state index is 10.1. The largest absolute Gasteiger partial charge is 0.515 e. The summed E-state index contributed by atoms with van der Waals surface area (Å²) in [5.74, 6) is 0. The molecule has 46 valence electrons. The lowest BCUT2D eigenvalue weighted by Crippen LogP contribution is -1.82. The molecule has 0 aromatic rings. The summed E-state index contributed by atoms with van der Waals surface area (Å²) in [6.07, 6.45) is 6.66. The van der Waals surface area contributed by atoms with Gasteiger partial charge < -0.3 is 5.11 Å². The molecule has 2 heteroatoms. The third kappa shape index (κ3) is 0.914. The molecule has 1 rings (SSSR count). The van der Waals surface area contributed by atoms with Crippen LogP contribution in [0.25, 0.3) is 0 Å². The van der Waals surface area contributed by atoms with Crippen LogP contribution in [-0.4, -0.2) is 11.4 Å². The first kappa shape index (κ1) is 5.82. The van der Waals surface area contributed by atoms with E-state index >= 15 is 0 Å². The van der Waals surface area contributed by atoms with Gasteiger partial charge in [0.25, 0.3) is 0 Å². The highest BCUT2D eigenvalue weighted by Gasteiger charge is 2.02. The molecular weight excluding hydrogens is 116 g/mol. The molecule has 0 atom stereocenters. The van der Waals surface area contributed by atoms with Crippen LogP contribution in [0.4, 0.5) is 0 Å². The highest BCUT2D eigenvalue weighted by molar-refractivity contribution is 5.84. The fourth-order valence-corrected chi connectivity index (χ4v) is 0.673. The molecule has 0 fully saturated rings. The molecule has 1 N–H and O–H groups in total. The highest BCUT2D eigenvalue weighted by Crippen LogP contribution is 2.14. The second-order valence-corrected chi connectivity index (χ2v) is 1.68. The molecule has 0 saturated carbocycles. The summed E-state index contributed by atoms with van der Waals surface area (Å²) >= 11 is 0. The molecule has 0 aromatic heterocycles. The molecule has 0 saturated heterocycles. The summed E-state index contributed by atoms with van der Waals surface area (Å²) in [5.41, 5.74) is 1.10. The molecule has 0 aliphatic heterocycles. The van der Waals surface area contributed by atoms with E-state index < -0.39 is 0 Å². The van der Waals surface area contributed by atoms with Gasteiger partial charge in [-0.05, 0) is 0 Å². The summed E-state index contributed by atoms with van der Waals surface area (Å²) in [5, 5.41) is 8.45. The molecule has 0 amide bonds. The normalized spacial score (nSPS) is 20.4. The third-order valence-electron chi connectivity index (χ3n) is 1.15. The molecule has 9 heavy (non-hydrogen) atoms. The fourth-order valence-electron chi connectivity index (χ4n) is 0.673. The van der Waals surface area contributed by atoms with E-state index in [1.165, 1.54) is 0 Å². The maximum Gasteiger partial charge on any atom is 0.150 e. The van der Waals surface area contributed by atoms with Gasteiger partial charge in [-0.25, -0.2) is 0 Å². The molecule has 1 aliphatic rings. The number of hydrogen-bond acceptors (Lipinski definition) is 2. The third-order valence-corrected chi connectivity index (χ3v) is 1.15. The van der Waals surface area contributed by atoms with Gasteiger partial charge in [-0.2, -0.15) is 0 Å². The van der Waals surface area contributed by atoms with E-state index in [9.17, 15) is 4.79 Å². The first-order valence-corrected chi connectivity index (χ1v) is 2.57. The highest BCUT2D eigenvalue weighted by atomic mass is 16.2. The van der Waals surface area contributed by atoms with E-state index in [4.69, 9.17) is 5.11 Å². The Bertz CT molecular complexity index is 209. The smallest absolute Gasteiger partial charge is 0.150 e. The van der Waals surface area contributed by atoms with E-state index in [0.717, 1.165) is 6.26 Å². The molecule has 2 nitrogen and oxygen atoms in total. The Balaban J connectivity index is 2.91. The maximum absolute atomic E-state index is 10.1. The van der Waals surface area contributed by atoms with E-state index in [1.807, 2.05) is 0 Å². The zero-order chi connectivity index (χ0) is 6.69. The summed E-state index contributed by atoms with van der Waals surface area (Å²) < 4.78 is 0. The van der Waals surface area contributed by atoms with Crippen molar-refractivity contribution in [2.24, 2.45) is 0 Å². The van der Waals surface area contributed by atoms with Crippen molar-refractivity contribution >= 4 is 6.29 Å². The van der Waals surface area contributed by atoms with Gasteiger partial charge in [0.2, 0.25) is 0 Å². The zero-order valence-corrected chi connectivity index (χ0v) is 4.74. The monoisotopic (exact) mass is 122 g/mol. The predicted octanol–water partition coefficient (Wildman–Crippen LogP) is 1.12. The van der Waals surface area contributed by atoms with Crippen LogP contribution in [0, 0.1) is 0 Å². The quantitative estimate of drug-likeness (QED) is 0.418. The van der Waals surface area contributed by atoms with Gasteiger partial charge in [-0.3, -0.25) is 4.79 Å². The Hall–Kier alpha value is -1.31.